The number of hydrogen-bond donors (Lipinski definition) is 0. The zero-order chi connectivity index (χ0) is 12.7. The third kappa shape index (κ3) is 4.85. The second-order valence-electron chi connectivity index (χ2n) is 4.27. The van der Waals surface area contributed by atoms with E-state index in [0.717, 1.165) is 6.42 Å². The molecule has 92 valence electrons. The molecule has 0 radical (unpaired) electrons. The molecule has 1 rings (SSSR count). The number of hydrogen-bond acceptors (Lipinski definition) is 2. The van der Waals surface area contributed by atoms with Crippen molar-refractivity contribution in [2.75, 3.05) is 0 Å². The van der Waals surface area contributed by atoms with Gasteiger partial charge in [-0.3, -0.25) is 0 Å². The van der Waals surface area contributed by atoms with E-state index in [2.05, 4.69) is 19.6 Å². The van der Waals surface area contributed by atoms with Crippen LogP contribution in [0.3, 0.4) is 0 Å². The molecule has 0 N–H and O–H groups in total. The number of carbonyl (C=O) groups excluding carboxylic acids is 1. The minimum absolute atomic E-state index is 0.365. The maximum absolute atomic E-state index is 11.4. The number of rotatable bonds is 6. The molecule has 0 unspecified atom stereocenters. The molecule has 0 heterocycles. The minimum Gasteiger partial charge on any atom is -0.423 e. The monoisotopic (exact) mass is 232 g/mol. The molecule has 0 saturated carbocycles. The number of ether oxygens (including phenoxy) is 1. The highest BCUT2D eigenvalue weighted by atomic mass is 16.5. The van der Waals surface area contributed by atoms with Crippen LogP contribution in [0.15, 0.2) is 36.4 Å². The summed E-state index contributed by atoms with van der Waals surface area (Å²) >= 11 is 0. The van der Waals surface area contributed by atoms with Gasteiger partial charge in [0.15, 0.2) is 0 Å². The number of benzene rings is 1. The first-order valence-electron chi connectivity index (χ1n) is 6.10. The van der Waals surface area contributed by atoms with E-state index >= 15 is 0 Å². The van der Waals surface area contributed by atoms with E-state index in [4.69, 9.17) is 4.74 Å². The maximum Gasteiger partial charge on any atom is 0.338 e. The molecule has 0 bridgehead atoms. The Kier molecular flexibility index (Phi) is 5.47. The third-order valence-electron chi connectivity index (χ3n) is 2.53. The van der Waals surface area contributed by atoms with E-state index in [-0.39, 0.29) is 5.97 Å². The maximum atomic E-state index is 11.4. The van der Waals surface area contributed by atoms with Gasteiger partial charge in [0.25, 0.3) is 0 Å². The lowest BCUT2D eigenvalue weighted by atomic mass is 10.1. The van der Waals surface area contributed by atoms with Gasteiger partial charge in [0.05, 0.1) is 0 Å². The molecule has 0 spiro atoms. The van der Waals surface area contributed by atoms with Crippen molar-refractivity contribution in [2.45, 2.75) is 39.5 Å². The van der Waals surface area contributed by atoms with Crippen LogP contribution < -0.4 is 4.74 Å². The van der Waals surface area contributed by atoms with E-state index in [1.54, 1.807) is 13.0 Å². The molecule has 17 heavy (non-hydrogen) atoms. The average Bonchev–Trinajstić information content (AvgIpc) is 2.30. The van der Waals surface area contributed by atoms with Crippen molar-refractivity contribution >= 4 is 5.97 Å². The van der Waals surface area contributed by atoms with Gasteiger partial charge in [0.2, 0.25) is 0 Å². The van der Waals surface area contributed by atoms with Gasteiger partial charge in [-0.2, -0.15) is 0 Å². The fourth-order valence-electron chi connectivity index (χ4n) is 1.54. The number of carbonyl (C=O) groups is 1. The summed E-state index contributed by atoms with van der Waals surface area (Å²) in [5, 5.41) is 0. The first kappa shape index (κ1) is 13.5. The summed E-state index contributed by atoms with van der Waals surface area (Å²) < 4.78 is 5.18. The molecule has 2 nitrogen and oxygen atoms in total. The molecule has 0 saturated heterocycles. The van der Waals surface area contributed by atoms with Crippen LogP contribution in [-0.2, 0) is 11.2 Å². The predicted octanol–water partition coefficient (Wildman–Crippen LogP) is 3.90. The highest BCUT2D eigenvalue weighted by Gasteiger charge is 2.05. The largest absolute Gasteiger partial charge is 0.423 e. The van der Waals surface area contributed by atoms with E-state index in [1.807, 2.05) is 12.1 Å². The Labute approximate surface area is 103 Å². The number of aryl methyl sites for hydroxylation is 1. The van der Waals surface area contributed by atoms with E-state index in [9.17, 15) is 4.79 Å². The summed E-state index contributed by atoms with van der Waals surface area (Å²) in [5.41, 5.74) is 1.63. The van der Waals surface area contributed by atoms with Gasteiger partial charge >= 0.3 is 5.97 Å². The molecule has 0 aliphatic carbocycles. The summed E-state index contributed by atoms with van der Waals surface area (Å²) in [7, 11) is 0. The summed E-state index contributed by atoms with van der Waals surface area (Å²) in [6.45, 7) is 7.39. The quantitative estimate of drug-likeness (QED) is 0.322. The van der Waals surface area contributed by atoms with Gasteiger partial charge < -0.3 is 4.74 Å². The molecule has 0 aliphatic rings. The normalized spacial score (nSPS) is 10.0. The van der Waals surface area contributed by atoms with Crippen LogP contribution in [0.5, 0.6) is 5.75 Å². The van der Waals surface area contributed by atoms with Crippen molar-refractivity contribution in [2.24, 2.45) is 0 Å². The predicted molar refractivity (Wildman–Crippen MR) is 70.1 cm³/mol. The molecule has 0 aliphatic heterocycles. The molecule has 0 aromatic heterocycles. The van der Waals surface area contributed by atoms with E-state index in [1.165, 1.54) is 24.8 Å². The van der Waals surface area contributed by atoms with Crippen LogP contribution in [0, 0.1) is 0 Å². The van der Waals surface area contributed by atoms with Gasteiger partial charge in [0.1, 0.15) is 5.75 Å². The molecule has 1 aromatic rings. The molecule has 0 atom stereocenters. The van der Waals surface area contributed by atoms with Gasteiger partial charge in [0, 0.05) is 5.57 Å². The number of unbranched alkanes of at least 4 members (excludes halogenated alkanes) is 2. The molecular formula is C15H20O2. The standard InChI is InChI=1S/C15H20O2/c1-4-5-6-8-13-9-7-10-14(11-13)17-15(16)12(2)3/h7,9-11H,2,4-6,8H2,1,3H3. The van der Waals surface area contributed by atoms with Crippen LogP contribution in [0.25, 0.3) is 0 Å². The molecular weight excluding hydrogens is 212 g/mol. The van der Waals surface area contributed by atoms with Gasteiger partial charge in [-0.15, -0.1) is 0 Å². The lowest BCUT2D eigenvalue weighted by Gasteiger charge is -2.06. The van der Waals surface area contributed by atoms with Crippen LogP contribution in [0.2, 0.25) is 0 Å². The van der Waals surface area contributed by atoms with Crippen LogP contribution in [0.1, 0.15) is 38.7 Å². The highest BCUT2D eigenvalue weighted by molar-refractivity contribution is 5.88. The van der Waals surface area contributed by atoms with E-state index < -0.39 is 0 Å². The fraction of sp³-hybridized carbons (Fsp3) is 0.400. The summed E-state index contributed by atoms with van der Waals surface area (Å²) in [5.74, 6) is 0.239. The summed E-state index contributed by atoms with van der Waals surface area (Å²) in [4.78, 5) is 11.4. The fourth-order valence-corrected chi connectivity index (χ4v) is 1.54. The first-order chi connectivity index (χ1) is 8.13. The topological polar surface area (TPSA) is 26.3 Å². The van der Waals surface area contributed by atoms with Gasteiger partial charge in [-0.1, -0.05) is 38.5 Å². The highest BCUT2D eigenvalue weighted by Crippen LogP contribution is 2.16. The molecule has 0 fully saturated rings. The van der Waals surface area contributed by atoms with Crippen molar-refractivity contribution in [3.63, 3.8) is 0 Å². The van der Waals surface area contributed by atoms with Crippen molar-refractivity contribution in [3.05, 3.63) is 42.0 Å². The molecule has 0 amide bonds. The number of esters is 1. The molecule has 1 aromatic carbocycles. The van der Waals surface area contributed by atoms with Crippen molar-refractivity contribution < 1.29 is 9.53 Å². The Bertz CT molecular complexity index is 394. The Balaban J connectivity index is 2.59. The van der Waals surface area contributed by atoms with Crippen molar-refractivity contribution in [1.82, 2.24) is 0 Å². The smallest absolute Gasteiger partial charge is 0.338 e. The lowest BCUT2D eigenvalue weighted by molar-refractivity contribution is -0.130. The zero-order valence-electron chi connectivity index (χ0n) is 10.7. The lowest BCUT2D eigenvalue weighted by Crippen LogP contribution is -2.08. The SMILES string of the molecule is C=C(C)C(=O)Oc1cccc(CCCCC)c1. The Morgan fingerprint density at radius 3 is 2.76 bits per heavy atom. The summed E-state index contributed by atoms with van der Waals surface area (Å²) in [6.07, 6.45) is 4.65. The van der Waals surface area contributed by atoms with Crippen LogP contribution >= 0.6 is 0 Å². The Hall–Kier alpha value is -1.57. The molecule has 2 heteroatoms. The van der Waals surface area contributed by atoms with Crippen molar-refractivity contribution in [3.8, 4) is 5.75 Å². The second-order valence-corrected chi connectivity index (χ2v) is 4.27. The van der Waals surface area contributed by atoms with Crippen LogP contribution in [-0.4, -0.2) is 5.97 Å². The minimum atomic E-state index is -0.365. The van der Waals surface area contributed by atoms with Crippen molar-refractivity contribution in [1.29, 1.82) is 0 Å². The first-order valence-corrected chi connectivity index (χ1v) is 6.10. The zero-order valence-corrected chi connectivity index (χ0v) is 10.7. The van der Waals surface area contributed by atoms with Gasteiger partial charge in [-0.25, -0.2) is 4.79 Å². The van der Waals surface area contributed by atoms with E-state index in [0.29, 0.717) is 11.3 Å². The third-order valence-corrected chi connectivity index (χ3v) is 2.53. The average molecular weight is 232 g/mol. The van der Waals surface area contributed by atoms with Gasteiger partial charge in [-0.05, 0) is 37.5 Å². The second kappa shape index (κ2) is 6.89. The Morgan fingerprint density at radius 2 is 2.12 bits per heavy atom. The Morgan fingerprint density at radius 1 is 1.35 bits per heavy atom. The summed E-state index contributed by atoms with van der Waals surface area (Å²) in [6, 6.07) is 7.71. The van der Waals surface area contributed by atoms with Crippen LogP contribution in [0.4, 0.5) is 0 Å².